The summed E-state index contributed by atoms with van der Waals surface area (Å²) in [5.41, 5.74) is 1.63. The fourth-order valence-electron chi connectivity index (χ4n) is 4.83. The van der Waals surface area contributed by atoms with Crippen LogP contribution >= 0.6 is 0 Å². The maximum Gasteiger partial charge on any atom is 0.265 e. The first-order valence-electron chi connectivity index (χ1n) is 12.4. The number of hydrogen-bond acceptors (Lipinski definition) is 6. The van der Waals surface area contributed by atoms with E-state index in [0.29, 0.717) is 45.0 Å². The lowest BCUT2D eigenvalue weighted by Gasteiger charge is -2.27. The third-order valence-corrected chi connectivity index (χ3v) is 7.04. The van der Waals surface area contributed by atoms with Crippen LogP contribution in [0.3, 0.4) is 0 Å². The molecular weight excluding hydrogens is 470 g/mol. The summed E-state index contributed by atoms with van der Waals surface area (Å²) in [5.74, 6) is 0.837. The Labute approximate surface area is 213 Å². The van der Waals surface area contributed by atoms with E-state index >= 15 is 0 Å². The van der Waals surface area contributed by atoms with Crippen molar-refractivity contribution in [1.82, 2.24) is 14.5 Å². The van der Waals surface area contributed by atoms with Crippen molar-refractivity contribution in [3.05, 3.63) is 94.0 Å². The number of aromatic nitrogens is 2. The van der Waals surface area contributed by atoms with Gasteiger partial charge in [-0.05, 0) is 67.8 Å². The highest BCUT2D eigenvalue weighted by molar-refractivity contribution is 6.22. The molecule has 0 atom stereocenters. The zero-order chi connectivity index (χ0) is 25.5. The second-order valence-corrected chi connectivity index (χ2v) is 9.25. The number of imide groups is 1. The molecule has 0 bridgehead atoms. The molecule has 8 nitrogen and oxygen atoms in total. The first-order valence-corrected chi connectivity index (χ1v) is 12.4. The number of carbonyl (C=O) groups is 2. The number of rotatable bonds is 7. The predicted octanol–water partition coefficient (Wildman–Crippen LogP) is 4.16. The molecule has 1 aliphatic carbocycles. The zero-order valence-electron chi connectivity index (χ0n) is 20.3. The van der Waals surface area contributed by atoms with Crippen LogP contribution in [-0.4, -0.2) is 46.0 Å². The number of fused-ring (bicyclic) bond motifs is 2. The molecule has 2 amide bonds. The Balaban J connectivity index is 1.34. The molecule has 3 aromatic carbocycles. The second kappa shape index (κ2) is 9.20. The molecule has 1 aliphatic heterocycles. The minimum Gasteiger partial charge on any atom is -0.497 e. The molecule has 1 fully saturated rings. The minimum absolute atomic E-state index is 0.0795. The predicted molar refractivity (Wildman–Crippen MR) is 138 cm³/mol. The van der Waals surface area contributed by atoms with Gasteiger partial charge in [0.1, 0.15) is 17.3 Å². The standard InChI is InChI=1S/C29H25N3O5/c1-36-19-14-12-18(13-15-19)32-25(30-23-10-3-2-8-21(23)28(32)34)16-17-31-27(33)22-9-5-11-24(26(22)29(31)35)37-20-6-4-7-20/h2-3,5,8-15,20H,4,6-7,16-17H2,1H3. The van der Waals surface area contributed by atoms with Crippen LogP contribution in [0.1, 0.15) is 45.8 Å². The fraction of sp³-hybridized carbons (Fsp3) is 0.241. The molecular formula is C29H25N3O5. The Bertz CT molecular complexity index is 1590. The van der Waals surface area contributed by atoms with E-state index in [-0.39, 0.29) is 36.4 Å². The maximum atomic E-state index is 13.5. The summed E-state index contributed by atoms with van der Waals surface area (Å²) in [6, 6.07) is 19.4. The molecule has 0 saturated heterocycles. The molecule has 4 aromatic rings. The quantitative estimate of drug-likeness (QED) is 0.358. The number of nitrogens with zero attached hydrogens (tertiary/aromatic N) is 3. The lowest BCUT2D eigenvalue weighted by Crippen LogP contribution is -2.34. The van der Waals surface area contributed by atoms with Gasteiger partial charge in [0, 0.05) is 13.0 Å². The Kier molecular flexibility index (Phi) is 5.71. The highest BCUT2D eigenvalue weighted by Gasteiger charge is 2.38. The lowest BCUT2D eigenvalue weighted by molar-refractivity contribution is 0.0651. The molecule has 0 N–H and O–H groups in total. The molecule has 0 radical (unpaired) electrons. The number of amides is 2. The molecule has 2 heterocycles. The average molecular weight is 496 g/mol. The van der Waals surface area contributed by atoms with Gasteiger partial charge in [0.15, 0.2) is 0 Å². The molecule has 6 rings (SSSR count). The number of hydrogen-bond donors (Lipinski definition) is 0. The van der Waals surface area contributed by atoms with Gasteiger partial charge in [0.25, 0.3) is 17.4 Å². The Morgan fingerprint density at radius 1 is 0.919 bits per heavy atom. The summed E-state index contributed by atoms with van der Waals surface area (Å²) in [7, 11) is 1.58. The minimum atomic E-state index is -0.381. The third-order valence-electron chi connectivity index (χ3n) is 7.04. The topological polar surface area (TPSA) is 90.7 Å². The van der Waals surface area contributed by atoms with E-state index in [4.69, 9.17) is 14.5 Å². The van der Waals surface area contributed by atoms with E-state index in [1.54, 1.807) is 67.8 Å². The number of methoxy groups -OCH3 is 1. The fourth-order valence-corrected chi connectivity index (χ4v) is 4.83. The highest BCUT2D eigenvalue weighted by Crippen LogP contribution is 2.34. The molecule has 1 saturated carbocycles. The third kappa shape index (κ3) is 3.94. The molecule has 0 spiro atoms. The first kappa shape index (κ1) is 23.0. The van der Waals surface area contributed by atoms with Gasteiger partial charge in [-0.25, -0.2) is 4.98 Å². The van der Waals surface area contributed by atoms with Crippen LogP contribution < -0.4 is 15.0 Å². The summed E-state index contributed by atoms with van der Waals surface area (Å²) in [4.78, 5) is 46.1. The van der Waals surface area contributed by atoms with Crippen LogP contribution in [-0.2, 0) is 6.42 Å². The summed E-state index contributed by atoms with van der Waals surface area (Å²) in [6.07, 6.45) is 3.30. The number of ether oxygens (including phenoxy) is 2. The number of benzene rings is 3. The van der Waals surface area contributed by atoms with Gasteiger partial charge in [-0.3, -0.25) is 23.9 Å². The van der Waals surface area contributed by atoms with Crippen molar-refractivity contribution in [3.63, 3.8) is 0 Å². The van der Waals surface area contributed by atoms with Crippen molar-refractivity contribution in [2.45, 2.75) is 31.8 Å². The smallest absolute Gasteiger partial charge is 0.265 e. The Morgan fingerprint density at radius 2 is 1.70 bits per heavy atom. The van der Waals surface area contributed by atoms with E-state index in [9.17, 15) is 14.4 Å². The van der Waals surface area contributed by atoms with Crippen molar-refractivity contribution >= 4 is 22.7 Å². The first-order chi connectivity index (χ1) is 18.0. The van der Waals surface area contributed by atoms with Crippen LogP contribution in [0.4, 0.5) is 0 Å². The van der Waals surface area contributed by atoms with Gasteiger partial charge in [-0.15, -0.1) is 0 Å². The number of para-hydroxylation sites is 1. The van der Waals surface area contributed by atoms with Crippen LogP contribution in [0.25, 0.3) is 16.6 Å². The normalized spacial score (nSPS) is 15.1. The van der Waals surface area contributed by atoms with E-state index in [0.717, 1.165) is 19.3 Å². The molecule has 1 aromatic heterocycles. The molecule has 0 unspecified atom stereocenters. The van der Waals surface area contributed by atoms with Crippen LogP contribution in [0.15, 0.2) is 71.5 Å². The van der Waals surface area contributed by atoms with Crippen molar-refractivity contribution in [1.29, 1.82) is 0 Å². The molecule has 2 aliphatic rings. The molecule has 8 heteroatoms. The monoisotopic (exact) mass is 495 g/mol. The SMILES string of the molecule is COc1ccc(-n2c(CCN3C(=O)c4cccc(OC5CCC5)c4C3=O)nc3ccccc3c2=O)cc1. The maximum absolute atomic E-state index is 13.5. The molecule has 186 valence electrons. The van der Waals surface area contributed by atoms with Crippen molar-refractivity contribution in [2.24, 2.45) is 0 Å². The van der Waals surface area contributed by atoms with E-state index in [2.05, 4.69) is 0 Å². The van der Waals surface area contributed by atoms with E-state index in [1.807, 2.05) is 6.07 Å². The largest absolute Gasteiger partial charge is 0.497 e. The van der Waals surface area contributed by atoms with Crippen LogP contribution in [0.2, 0.25) is 0 Å². The summed E-state index contributed by atoms with van der Waals surface area (Å²) in [5, 5.41) is 0.487. The van der Waals surface area contributed by atoms with Crippen LogP contribution in [0.5, 0.6) is 11.5 Å². The Morgan fingerprint density at radius 3 is 2.43 bits per heavy atom. The summed E-state index contributed by atoms with van der Waals surface area (Å²) in [6.45, 7) is 0.0795. The highest BCUT2D eigenvalue weighted by atomic mass is 16.5. The van der Waals surface area contributed by atoms with Gasteiger partial charge in [-0.2, -0.15) is 0 Å². The van der Waals surface area contributed by atoms with Crippen molar-refractivity contribution in [2.75, 3.05) is 13.7 Å². The summed E-state index contributed by atoms with van der Waals surface area (Å²) >= 11 is 0. The van der Waals surface area contributed by atoms with Crippen LogP contribution in [0, 0.1) is 0 Å². The number of carbonyl (C=O) groups excluding carboxylic acids is 2. The van der Waals surface area contributed by atoms with Gasteiger partial charge in [0.05, 0.1) is 40.9 Å². The Hall–Kier alpha value is -4.46. The van der Waals surface area contributed by atoms with Gasteiger partial charge >= 0.3 is 0 Å². The van der Waals surface area contributed by atoms with Gasteiger partial charge in [-0.1, -0.05) is 18.2 Å². The van der Waals surface area contributed by atoms with Gasteiger partial charge in [0.2, 0.25) is 0 Å². The summed E-state index contributed by atoms with van der Waals surface area (Å²) < 4.78 is 12.8. The lowest BCUT2D eigenvalue weighted by atomic mass is 9.96. The average Bonchev–Trinajstić information content (AvgIpc) is 3.15. The van der Waals surface area contributed by atoms with E-state index in [1.165, 1.54) is 9.47 Å². The van der Waals surface area contributed by atoms with Crippen molar-refractivity contribution in [3.8, 4) is 17.2 Å². The van der Waals surface area contributed by atoms with Gasteiger partial charge < -0.3 is 9.47 Å². The van der Waals surface area contributed by atoms with E-state index < -0.39 is 0 Å². The zero-order valence-corrected chi connectivity index (χ0v) is 20.3. The van der Waals surface area contributed by atoms with Crippen molar-refractivity contribution < 1.29 is 19.1 Å². The molecule has 37 heavy (non-hydrogen) atoms. The second-order valence-electron chi connectivity index (χ2n) is 9.25.